The van der Waals surface area contributed by atoms with Gasteiger partial charge in [0, 0.05) is 71.9 Å². The Morgan fingerprint density at radius 1 is 0.521 bits per heavy atom. The Morgan fingerprint density at radius 2 is 1.12 bits per heavy atom. The molecule has 242 valence electrons. The summed E-state index contributed by atoms with van der Waals surface area (Å²) in [5, 5.41) is 18.8. The van der Waals surface area contributed by atoms with Crippen molar-refractivity contribution in [2.75, 3.05) is 9.80 Å². The lowest BCUT2D eigenvalue weighted by Crippen LogP contribution is -2.31. The highest BCUT2D eigenvalue weighted by atomic mass is 15.4. The van der Waals surface area contributed by atoms with Crippen LogP contribution in [0.4, 0.5) is 11.4 Å². The van der Waals surface area contributed by atoms with Crippen LogP contribution in [0.5, 0.6) is 0 Å². The molecule has 8 rings (SSSR count). The Morgan fingerprint density at radius 3 is 1.88 bits per heavy atom. The number of fused-ring (bicyclic) bond motifs is 10. The lowest BCUT2D eigenvalue weighted by Gasteiger charge is -2.34. The number of hydrogen-bond acceptors (Lipinski definition) is 6. The summed E-state index contributed by atoms with van der Waals surface area (Å²) in [7, 11) is 1.99. The summed E-state index contributed by atoms with van der Waals surface area (Å²) in [4.78, 5) is 4.99. The van der Waals surface area contributed by atoms with E-state index in [1.54, 1.807) is 0 Å². The molecule has 2 aliphatic heterocycles. The summed E-state index contributed by atoms with van der Waals surface area (Å²) >= 11 is 0. The topological polar surface area (TPSA) is 67.9 Å². The average molecular weight is 635 g/mol. The first-order chi connectivity index (χ1) is 23.2. The van der Waals surface area contributed by atoms with Crippen molar-refractivity contribution >= 4 is 11.4 Å². The molecule has 0 fully saturated rings. The van der Waals surface area contributed by atoms with Crippen molar-refractivity contribution in [2.45, 2.75) is 72.8 Å². The van der Waals surface area contributed by atoms with Crippen LogP contribution in [0.1, 0.15) is 58.7 Å². The van der Waals surface area contributed by atoms with Gasteiger partial charge in [-0.3, -0.25) is 0 Å². The molecule has 0 saturated heterocycles. The Hall–Kier alpha value is -5.24. The van der Waals surface area contributed by atoms with E-state index in [4.69, 9.17) is 15.4 Å². The summed E-state index contributed by atoms with van der Waals surface area (Å²) in [6.45, 7) is 15.0. The van der Waals surface area contributed by atoms with Crippen LogP contribution < -0.4 is 9.80 Å². The van der Waals surface area contributed by atoms with E-state index in [-0.39, 0.29) is 12.1 Å². The molecule has 0 saturated carbocycles. The third-order valence-corrected chi connectivity index (χ3v) is 9.94. The van der Waals surface area contributed by atoms with Crippen LogP contribution in [-0.2, 0) is 20.1 Å². The molecule has 8 heteroatoms. The standard InChI is InChI=1S/C40H42N8/c1-24(2)46-23-30-17-16-27(20-34(30)38-40(48(26(5)6)44-42-38)33-14-10-11-15-35(33)46)28-18-19-32-36(21-28)47(25(3)4)22-29-12-8-9-13-31(29)39-37(32)41-43-45(39)7/h8-21,24-26H,22-23H2,1-7H3. The van der Waals surface area contributed by atoms with Crippen LogP contribution in [0.15, 0.2) is 84.9 Å². The van der Waals surface area contributed by atoms with Gasteiger partial charge in [-0.2, -0.15) is 0 Å². The van der Waals surface area contributed by atoms with Crippen molar-refractivity contribution in [3.05, 3.63) is 96.1 Å². The smallest absolute Gasteiger partial charge is 0.123 e. The fourth-order valence-corrected chi connectivity index (χ4v) is 7.46. The Kier molecular flexibility index (Phi) is 7.20. The molecule has 0 aliphatic carbocycles. The molecular formula is C40H42N8. The minimum Gasteiger partial charge on any atom is -0.364 e. The number of hydrogen-bond donors (Lipinski definition) is 0. The monoisotopic (exact) mass is 634 g/mol. The van der Waals surface area contributed by atoms with Crippen LogP contribution in [-0.4, -0.2) is 42.1 Å². The third kappa shape index (κ3) is 4.73. The van der Waals surface area contributed by atoms with E-state index in [0.717, 1.165) is 63.8 Å². The fourth-order valence-electron chi connectivity index (χ4n) is 7.46. The van der Waals surface area contributed by atoms with Gasteiger partial charge in [0.1, 0.15) is 11.4 Å². The number of anilines is 2. The highest BCUT2D eigenvalue weighted by Crippen LogP contribution is 2.46. The molecule has 6 aromatic rings. The Balaban J connectivity index is 1.32. The average Bonchev–Trinajstić information content (AvgIpc) is 3.68. The molecule has 0 radical (unpaired) electrons. The number of rotatable bonds is 4. The Labute approximate surface area is 282 Å². The van der Waals surface area contributed by atoms with E-state index in [1.165, 1.54) is 27.9 Å². The van der Waals surface area contributed by atoms with Crippen molar-refractivity contribution in [3.63, 3.8) is 0 Å². The molecule has 4 aromatic carbocycles. The molecular weight excluding hydrogens is 592 g/mol. The third-order valence-electron chi connectivity index (χ3n) is 9.94. The molecule has 48 heavy (non-hydrogen) atoms. The maximum Gasteiger partial charge on any atom is 0.123 e. The first-order valence-electron chi connectivity index (χ1n) is 17.0. The summed E-state index contributed by atoms with van der Waals surface area (Å²) in [5.41, 5.74) is 15.8. The predicted molar refractivity (Wildman–Crippen MR) is 195 cm³/mol. The molecule has 0 amide bonds. The van der Waals surface area contributed by atoms with Gasteiger partial charge in [0.05, 0.1) is 11.4 Å². The van der Waals surface area contributed by atoms with Crippen LogP contribution >= 0.6 is 0 Å². The molecule has 8 nitrogen and oxygen atoms in total. The second kappa shape index (κ2) is 11.5. The maximum absolute atomic E-state index is 4.87. The molecule has 2 aromatic heterocycles. The number of nitrogens with zero attached hydrogens (tertiary/aromatic N) is 8. The molecule has 0 spiro atoms. The molecule has 0 unspecified atom stereocenters. The molecule has 2 aliphatic rings. The molecule has 0 N–H and O–H groups in total. The lowest BCUT2D eigenvalue weighted by atomic mass is 9.90. The van der Waals surface area contributed by atoms with Crippen LogP contribution in [0.2, 0.25) is 0 Å². The summed E-state index contributed by atoms with van der Waals surface area (Å²) in [6, 6.07) is 31.8. The number of benzene rings is 4. The SMILES string of the molecule is CC(C)N1Cc2ccccc2-c2c(nnn2C)-c2ccc(-c3ccc4c(c3)-c3nnn(C(C)C)c3-c3ccccc3N(C(C)C)C4)cc21. The van der Waals surface area contributed by atoms with E-state index >= 15 is 0 Å². The van der Waals surface area contributed by atoms with Gasteiger partial charge in [-0.1, -0.05) is 71.1 Å². The van der Waals surface area contributed by atoms with Gasteiger partial charge in [0.2, 0.25) is 0 Å². The van der Waals surface area contributed by atoms with Gasteiger partial charge in [-0.25, -0.2) is 9.36 Å². The van der Waals surface area contributed by atoms with Gasteiger partial charge in [0.15, 0.2) is 0 Å². The van der Waals surface area contributed by atoms with Crippen molar-refractivity contribution in [2.24, 2.45) is 7.05 Å². The van der Waals surface area contributed by atoms with E-state index in [2.05, 4.69) is 146 Å². The highest BCUT2D eigenvalue weighted by Gasteiger charge is 2.30. The highest BCUT2D eigenvalue weighted by molar-refractivity contribution is 5.92. The van der Waals surface area contributed by atoms with E-state index in [0.29, 0.717) is 6.04 Å². The molecule has 0 atom stereocenters. The summed E-state index contributed by atoms with van der Waals surface area (Å²) < 4.78 is 3.99. The predicted octanol–water partition coefficient (Wildman–Crippen LogP) is 8.78. The minimum absolute atomic E-state index is 0.166. The van der Waals surface area contributed by atoms with Crippen molar-refractivity contribution in [1.29, 1.82) is 0 Å². The molecule has 4 heterocycles. The zero-order valence-electron chi connectivity index (χ0n) is 28.8. The van der Waals surface area contributed by atoms with Gasteiger partial charge >= 0.3 is 0 Å². The van der Waals surface area contributed by atoms with Crippen LogP contribution in [0, 0.1) is 0 Å². The van der Waals surface area contributed by atoms with Gasteiger partial charge in [0.25, 0.3) is 0 Å². The normalized spacial score (nSPS) is 13.6. The second-order valence-corrected chi connectivity index (χ2v) is 14.0. The van der Waals surface area contributed by atoms with Gasteiger partial charge in [-0.15, -0.1) is 10.2 Å². The number of aryl methyl sites for hydroxylation is 1. The Bertz CT molecular complexity index is 2170. The summed E-state index contributed by atoms with van der Waals surface area (Å²) in [6.07, 6.45) is 0. The zero-order chi connectivity index (χ0) is 33.3. The van der Waals surface area contributed by atoms with Gasteiger partial charge < -0.3 is 9.80 Å². The summed E-state index contributed by atoms with van der Waals surface area (Å²) in [5.74, 6) is 0. The quantitative estimate of drug-likeness (QED) is 0.193. The second-order valence-electron chi connectivity index (χ2n) is 14.0. The first-order valence-corrected chi connectivity index (χ1v) is 17.0. The van der Waals surface area contributed by atoms with E-state index in [1.807, 2.05) is 11.7 Å². The van der Waals surface area contributed by atoms with Crippen LogP contribution in [0.25, 0.3) is 56.2 Å². The van der Waals surface area contributed by atoms with E-state index in [9.17, 15) is 0 Å². The number of aromatic nitrogens is 6. The first kappa shape index (κ1) is 30.1. The van der Waals surface area contributed by atoms with Crippen LogP contribution in [0.3, 0.4) is 0 Å². The molecule has 0 bridgehead atoms. The van der Waals surface area contributed by atoms with E-state index < -0.39 is 0 Å². The number of para-hydroxylation sites is 1. The van der Waals surface area contributed by atoms with Crippen molar-refractivity contribution < 1.29 is 0 Å². The zero-order valence-corrected chi connectivity index (χ0v) is 28.8. The lowest BCUT2D eigenvalue weighted by molar-refractivity contribution is 0.519. The largest absolute Gasteiger partial charge is 0.364 e. The maximum atomic E-state index is 4.87. The fraction of sp³-hybridized carbons (Fsp3) is 0.300. The minimum atomic E-state index is 0.166. The van der Waals surface area contributed by atoms with Gasteiger partial charge in [-0.05, 0) is 88.1 Å². The van der Waals surface area contributed by atoms with Crippen molar-refractivity contribution in [1.82, 2.24) is 30.0 Å². The van der Waals surface area contributed by atoms with Crippen molar-refractivity contribution in [3.8, 4) is 56.2 Å².